The van der Waals surface area contributed by atoms with Crippen molar-refractivity contribution in [3.05, 3.63) is 30.1 Å². The Labute approximate surface area is 118 Å². The lowest BCUT2D eigenvalue weighted by Crippen LogP contribution is -2.29. The van der Waals surface area contributed by atoms with Crippen LogP contribution in [0.5, 0.6) is 0 Å². The van der Waals surface area contributed by atoms with Crippen LogP contribution >= 0.6 is 0 Å². The van der Waals surface area contributed by atoms with E-state index in [1.807, 2.05) is 0 Å². The molecule has 2 atom stereocenters. The summed E-state index contributed by atoms with van der Waals surface area (Å²) in [4.78, 5) is 0.331. The van der Waals surface area contributed by atoms with Crippen molar-refractivity contribution in [3.8, 4) is 0 Å². The van der Waals surface area contributed by atoms with E-state index in [2.05, 4.69) is 19.2 Å². The minimum atomic E-state index is -1.22. The molecule has 19 heavy (non-hydrogen) atoms. The molecule has 0 saturated carbocycles. The van der Waals surface area contributed by atoms with Crippen molar-refractivity contribution in [2.45, 2.75) is 50.5 Å². The lowest BCUT2D eigenvalue weighted by atomic mass is 10.1. The van der Waals surface area contributed by atoms with Gasteiger partial charge in [-0.05, 0) is 44.4 Å². The summed E-state index contributed by atoms with van der Waals surface area (Å²) >= 11 is 0. The zero-order chi connectivity index (χ0) is 14.1. The molecule has 2 unspecified atom stereocenters. The van der Waals surface area contributed by atoms with Crippen LogP contribution in [0.3, 0.4) is 0 Å². The third-order valence-corrected chi connectivity index (χ3v) is 4.62. The summed E-state index contributed by atoms with van der Waals surface area (Å²) in [6.45, 7) is 5.32. The lowest BCUT2D eigenvalue weighted by Gasteiger charge is -2.16. The van der Waals surface area contributed by atoms with E-state index in [0.717, 1.165) is 32.2 Å². The van der Waals surface area contributed by atoms with Crippen LogP contribution in [0, 0.1) is 5.82 Å². The second kappa shape index (κ2) is 9.21. The van der Waals surface area contributed by atoms with Crippen molar-refractivity contribution >= 4 is 10.8 Å². The molecule has 1 N–H and O–H groups in total. The fourth-order valence-electron chi connectivity index (χ4n) is 2.00. The highest BCUT2D eigenvalue weighted by Gasteiger charge is 2.10. The molecule has 1 aromatic rings. The predicted octanol–water partition coefficient (Wildman–Crippen LogP) is 3.49. The van der Waals surface area contributed by atoms with Crippen molar-refractivity contribution in [1.82, 2.24) is 5.32 Å². The monoisotopic (exact) mass is 285 g/mol. The number of rotatable bonds is 9. The Balaban J connectivity index is 2.36. The molecule has 0 aliphatic rings. The van der Waals surface area contributed by atoms with Crippen LogP contribution in [-0.4, -0.2) is 22.5 Å². The molecule has 0 aliphatic heterocycles. The lowest BCUT2D eigenvalue weighted by molar-refractivity contribution is 0.464. The van der Waals surface area contributed by atoms with Gasteiger partial charge in [-0.1, -0.05) is 26.0 Å². The van der Waals surface area contributed by atoms with Gasteiger partial charge in [-0.15, -0.1) is 0 Å². The Morgan fingerprint density at radius 1 is 1.32 bits per heavy atom. The Hall–Kier alpha value is -0.740. The summed E-state index contributed by atoms with van der Waals surface area (Å²) in [7, 11) is -1.22. The number of nitrogens with one attached hydrogen (secondary N) is 1. The van der Waals surface area contributed by atoms with Crippen molar-refractivity contribution in [2.75, 3.05) is 12.3 Å². The number of benzene rings is 1. The molecule has 0 aromatic heterocycles. The van der Waals surface area contributed by atoms with Gasteiger partial charge in [-0.2, -0.15) is 0 Å². The molecule has 0 heterocycles. The molecule has 4 heteroatoms. The van der Waals surface area contributed by atoms with Crippen LogP contribution in [-0.2, 0) is 10.8 Å². The zero-order valence-electron chi connectivity index (χ0n) is 11.8. The first-order chi connectivity index (χ1) is 9.19. The third-order valence-electron chi connectivity index (χ3n) is 3.14. The highest BCUT2D eigenvalue weighted by Crippen LogP contribution is 2.13. The third kappa shape index (κ3) is 5.83. The smallest absolute Gasteiger partial charge is 0.139 e. The molecule has 0 amide bonds. The minimum absolute atomic E-state index is 0.331. The molecule has 0 spiro atoms. The Kier molecular flexibility index (Phi) is 7.91. The summed E-state index contributed by atoms with van der Waals surface area (Å²) in [6.07, 6.45) is 4.05. The summed E-state index contributed by atoms with van der Waals surface area (Å²) < 4.78 is 25.5. The van der Waals surface area contributed by atoms with E-state index in [1.54, 1.807) is 18.2 Å². The molecule has 0 fully saturated rings. The maximum Gasteiger partial charge on any atom is 0.139 e. The standard InChI is InChI=1S/C15H24FNOS/c1-3-11-17-13(4-2)8-7-12-19(18)15-10-6-5-9-14(15)16/h5-6,9-10,13,17H,3-4,7-8,11-12H2,1-2H3. The normalized spacial score (nSPS) is 14.3. The topological polar surface area (TPSA) is 29.1 Å². The van der Waals surface area contributed by atoms with E-state index in [-0.39, 0.29) is 5.82 Å². The van der Waals surface area contributed by atoms with Gasteiger partial charge in [-0.3, -0.25) is 4.21 Å². The highest BCUT2D eigenvalue weighted by atomic mass is 32.2. The van der Waals surface area contributed by atoms with Crippen LogP contribution in [0.4, 0.5) is 4.39 Å². The predicted molar refractivity (Wildman–Crippen MR) is 79.3 cm³/mol. The van der Waals surface area contributed by atoms with Crippen molar-refractivity contribution in [3.63, 3.8) is 0 Å². The highest BCUT2D eigenvalue weighted by molar-refractivity contribution is 7.85. The molecular weight excluding hydrogens is 261 g/mol. The minimum Gasteiger partial charge on any atom is -0.314 e. The van der Waals surface area contributed by atoms with E-state index in [4.69, 9.17) is 0 Å². The Bertz CT molecular complexity index is 397. The zero-order valence-corrected chi connectivity index (χ0v) is 12.6. The first kappa shape index (κ1) is 16.3. The second-order valence-corrected chi connectivity index (χ2v) is 6.22. The van der Waals surface area contributed by atoms with E-state index < -0.39 is 10.8 Å². The van der Waals surface area contributed by atoms with Crippen molar-refractivity contribution in [2.24, 2.45) is 0 Å². The summed E-state index contributed by atoms with van der Waals surface area (Å²) in [5, 5.41) is 3.47. The molecule has 1 aromatic carbocycles. The average Bonchev–Trinajstić information content (AvgIpc) is 2.42. The largest absolute Gasteiger partial charge is 0.314 e. The summed E-state index contributed by atoms with van der Waals surface area (Å²) in [5.41, 5.74) is 0. The molecule has 0 radical (unpaired) electrons. The Morgan fingerprint density at radius 3 is 2.68 bits per heavy atom. The van der Waals surface area contributed by atoms with E-state index in [0.29, 0.717) is 16.7 Å². The van der Waals surface area contributed by atoms with Crippen molar-refractivity contribution in [1.29, 1.82) is 0 Å². The molecule has 0 aliphatic carbocycles. The van der Waals surface area contributed by atoms with Gasteiger partial charge in [0.1, 0.15) is 5.82 Å². The van der Waals surface area contributed by atoms with Gasteiger partial charge in [0.2, 0.25) is 0 Å². The van der Waals surface area contributed by atoms with Gasteiger partial charge >= 0.3 is 0 Å². The fourth-order valence-corrected chi connectivity index (χ4v) is 3.16. The Morgan fingerprint density at radius 2 is 2.05 bits per heavy atom. The van der Waals surface area contributed by atoms with Crippen LogP contribution in [0.25, 0.3) is 0 Å². The maximum absolute atomic E-state index is 13.5. The average molecular weight is 285 g/mol. The SMILES string of the molecule is CCCNC(CC)CCCS(=O)c1ccccc1F. The summed E-state index contributed by atoms with van der Waals surface area (Å²) in [5.74, 6) is 0.169. The van der Waals surface area contributed by atoms with Crippen LogP contribution in [0.1, 0.15) is 39.5 Å². The van der Waals surface area contributed by atoms with Crippen molar-refractivity contribution < 1.29 is 8.60 Å². The number of hydrogen-bond acceptors (Lipinski definition) is 2. The molecule has 0 bridgehead atoms. The molecule has 2 nitrogen and oxygen atoms in total. The quantitative estimate of drug-likeness (QED) is 0.752. The van der Waals surface area contributed by atoms with Crippen LogP contribution < -0.4 is 5.32 Å². The molecule has 108 valence electrons. The van der Waals surface area contributed by atoms with Gasteiger partial charge in [0.25, 0.3) is 0 Å². The van der Waals surface area contributed by atoms with Gasteiger partial charge in [0.05, 0.1) is 15.7 Å². The van der Waals surface area contributed by atoms with Gasteiger partial charge < -0.3 is 5.32 Å². The second-order valence-electron chi connectivity index (χ2n) is 4.68. The van der Waals surface area contributed by atoms with E-state index in [9.17, 15) is 8.60 Å². The molecule has 1 rings (SSSR count). The molecule has 0 saturated heterocycles. The van der Waals surface area contributed by atoms with E-state index in [1.165, 1.54) is 6.07 Å². The first-order valence-corrected chi connectivity index (χ1v) is 8.37. The number of halogens is 1. The fraction of sp³-hybridized carbons (Fsp3) is 0.600. The number of hydrogen-bond donors (Lipinski definition) is 1. The van der Waals surface area contributed by atoms with Crippen LogP contribution in [0.2, 0.25) is 0 Å². The van der Waals surface area contributed by atoms with Crippen LogP contribution in [0.15, 0.2) is 29.2 Å². The van der Waals surface area contributed by atoms with E-state index >= 15 is 0 Å². The summed E-state index contributed by atoms with van der Waals surface area (Å²) in [6, 6.07) is 6.81. The van der Waals surface area contributed by atoms with Gasteiger partial charge in [-0.25, -0.2) is 4.39 Å². The first-order valence-electron chi connectivity index (χ1n) is 7.05. The van der Waals surface area contributed by atoms with Gasteiger partial charge in [0.15, 0.2) is 0 Å². The molecular formula is C15H24FNOS. The van der Waals surface area contributed by atoms with Gasteiger partial charge in [0, 0.05) is 11.8 Å². The maximum atomic E-state index is 13.5.